The first-order valence-corrected chi connectivity index (χ1v) is 6.90. The Hall–Kier alpha value is -2.41. The summed E-state index contributed by atoms with van der Waals surface area (Å²) in [6, 6.07) is 4.29. The molecule has 7 nitrogen and oxygen atoms in total. The van der Waals surface area contributed by atoms with E-state index in [2.05, 4.69) is 15.8 Å². The summed E-state index contributed by atoms with van der Waals surface area (Å²) < 4.78 is 15.3. The van der Waals surface area contributed by atoms with Crippen LogP contribution >= 0.6 is 11.6 Å². The molecule has 1 heterocycles. The van der Waals surface area contributed by atoms with Gasteiger partial charge < -0.3 is 19.3 Å². The number of hydrogen-bond acceptors (Lipinski definition) is 5. The third-order valence-corrected chi connectivity index (χ3v) is 3.17. The molecule has 1 aromatic carbocycles. The molecule has 0 aliphatic carbocycles. The van der Waals surface area contributed by atoms with Crippen LogP contribution < -0.4 is 20.1 Å². The summed E-state index contributed by atoms with van der Waals surface area (Å²) >= 11 is 6.04. The molecule has 22 heavy (non-hydrogen) atoms. The number of amides is 2. The van der Waals surface area contributed by atoms with E-state index < -0.39 is 6.03 Å². The number of carbonyl (C=O) groups excluding carboxylic acids is 1. The normalized spacial score (nSPS) is 10.2. The Kier molecular flexibility index (Phi) is 5.11. The van der Waals surface area contributed by atoms with Crippen LogP contribution in [0.2, 0.25) is 5.02 Å². The zero-order chi connectivity index (χ0) is 16.1. The summed E-state index contributed by atoms with van der Waals surface area (Å²) in [4.78, 5) is 12.0. The van der Waals surface area contributed by atoms with Crippen LogP contribution in [0.3, 0.4) is 0 Å². The van der Waals surface area contributed by atoms with E-state index in [1.54, 1.807) is 18.2 Å². The Morgan fingerprint density at radius 2 is 1.95 bits per heavy atom. The Bertz CT molecular complexity index is 672. The van der Waals surface area contributed by atoms with Crippen molar-refractivity contribution in [1.29, 1.82) is 0 Å². The molecule has 2 N–H and O–H groups in total. The van der Waals surface area contributed by atoms with E-state index >= 15 is 0 Å². The summed E-state index contributed by atoms with van der Waals surface area (Å²) in [5.41, 5.74) is 0.407. The van der Waals surface area contributed by atoms with Crippen molar-refractivity contribution in [2.45, 2.75) is 13.3 Å². The topological polar surface area (TPSA) is 85.6 Å². The molecule has 0 aliphatic rings. The molecule has 2 aromatic rings. The largest absolute Gasteiger partial charge is 0.495 e. The quantitative estimate of drug-likeness (QED) is 0.878. The molecule has 0 fully saturated rings. The van der Waals surface area contributed by atoms with Crippen molar-refractivity contribution in [2.75, 3.05) is 24.9 Å². The molecule has 0 saturated carbocycles. The number of nitrogens with one attached hydrogen (secondary N) is 2. The Morgan fingerprint density at radius 1 is 1.23 bits per heavy atom. The molecule has 1 aromatic heterocycles. The number of rotatable bonds is 5. The van der Waals surface area contributed by atoms with Gasteiger partial charge in [-0.1, -0.05) is 23.7 Å². The zero-order valence-electron chi connectivity index (χ0n) is 12.4. The zero-order valence-corrected chi connectivity index (χ0v) is 13.2. The van der Waals surface area contributed by atoms with Gasteiger partial charge in [-0.05, 0) is 6.07 Å². The van der Waals surface area contributed by atoms with Crippen LogP contribution in [0.5, 0.6) is 11.5 Å². The van der Waals surface area contributed by atoms with E-state index in [0.717, 1.165) is 0 Å². The van der Waals surface area contributed by atoms with E-state index in [9.17, 15) is 4.79 Å². The lowest BCUT2D eigenvalue weighted by atomic mass is 10.2. The lowest BCUT2D eigenvalue weighted by Crippen LogP contribution is -2.20. The number of carbonyl (C=O) groups is 1. The van der Waals surface area contributed by atoms with Gasteiger partial charge in [0.05, 0.1) is 24.9 Å². The standard InChI is InChI=1S/C14H16ClN3O4/c1-4-8-5-13(18-22-8)17-14(19)16-10-6-9(15)11(20-2)7-12(10)21-3/h5-7H,4H2,1-3H3,(H2,16,17,18,19). The number of hydrogen-bond donors (Lipinski definition) is 2. The van der Waals surface area contributed by atoms with Crippen LogP contribution in [0.25, 0.3) is 0 Å². The minimum atomic E-state index is -0.490. The predicted molar refractivity (Wildman–Crippen MR) is 83.1 cm³/mol. The SMILES string of the molecule is CCc1cc(NC(=O)Nc2cc(Cl)c(OC)cc2OC)no1. The summed E-state index contributed by atoms with van der Waals surface area (Å²) in [6.45, 7) is 1.93. The molecule has 0 spiro atoms. The second kappa shape index (κ2) is 7.04. The number of aryl methyl sites for hydroxylation is 1. The molecular weight excluding hydrogens is 310 g/mol. The lowest BCUT2D eigenvalue weighted by molar-refractivity contribution is 0.261. The van der Waals surface area contributed by atoms with E-state index in [-0.39, 0.29) is 0 Å². The predicted octanol–water partition coefficient (Wildman–Crippen LogP) is 3.55. The number of nitrogens with zero attached hydrogens (tertiary/aromatic N) is 1. The first-order valence-electron chi connectivity index (χ1n) is 6.52. The minimum Gasteiger partial charge on any atom is -0.495 e. The minimum absolute atomic E-state index is 0.327. The first-order chi connectivity index (χ1) is 10.6. The molecule has 2 amide bonds. The lowest BCUT2D eigenvalue weighted by Gasteiger charge is -2.13. The molecule has 0 unspecified atom stereocenters. The van der Waals surface area contributed by atoms with Crippen LogP contribution in [-0.2, 0) is 6.42 Å². The maximum absolute atomic E-state index is 12.0. The first kappa shape index (κ1) is 16.0. The summed E-state index contributed by atoms with van der Waals surface area (Å²) in [7, 11) is 2.98. The van der Waals surface area contributed by atoms with Crippen molar-refractivity contribution in [3.05, 3.63) is 29.0 Å². The highest BCUT2D eigenvalue weighted by atomic mass is 35.5. The van der Waals surface area contributed by atoms with Crippen molar-refractivity contribution in [3.8, 4) is 11.5 Å². The van der Waals surface area contributed by atoms with Gasteiger partial charge in [0.15, 0.2) is 5.82 Å². The molecule has 0 saturated heterocycles. The highest BCUT2D eigenvalue weighted by Gasteiger charge is 2.13. The van der Waals surface area contributed by atoms with Crippen molar-refractivity contribution in [3.63, 3.8) is 0 Å². The van der Waals surface area contributed by atoms with Gasteiger partial charge in [-0.2, -0.15) is 0 Å². The van der Waals surface area contributed by atoms with Gasteiger partial charge >= 0.3 is 6.03 Å². The number of halogens is 1. The summed E-state index contributed by atoms with van der Waals surface area (Å²) in [5.74, 6) is 1.88. The molecule has 0 bridgehead atoms. The summed E-state index contributed by atoms with van der Waals surface area (Å²) in [5, 5.41) is 9.28. The number of anilines is 2. The van der Waals surface area contributed by atoms with Crippen LogP contribution in [0.4, 0.5) is 16.3 Å². The van der Waals surface area contributed by atoms with E-state index in [1.807, 2.05) is 6.92 Å². The summed E-state index contributed by atoms with van der Waals surface area (Å²) in [6.07, 6.45) is 0.693. The average molecular weight is 326 g/mol. The third-order valence-electron chi connectivity index (χ3n) is 2.87. The van der Waals surface area contributed by atoms with Crippen LogP contribution in [0, 0.1) is 0 Å². The Labute approximate surface area is 132 Å². The van der Waals surface area contributed by atoms with Gasteiger partial charge in [-0.15, -0.1) is 0 Å². The molecule has 0 atom stereocenters. The molecule has 8 heteroatoms. The van der Waals surface area contributed by atoms with Crippen molar-refractivity contribution in [1.82, 2.24) is 5.16 Å². The highest BCUT2D eigenvalue weighted by molar-refractivity contribution is 6.32. The molecular formula is C14H16ClN3O4. The number of benzene rings is 1. The van der Waals surface area contributed by atoms with Gasteiger partial charge in [-0.3, -0.25) is 5.32 Å². The molecule has 0 aliphatic heterocycles. The maximum Gasteiger partial charge on any atom is 0.325 e. The number of aromatic nitrogens is 1. The number of urea groups is 1. The average Bonchev–Trinajstić information content (AvgIpc) is 2.95. The maximum atomic E-state index is 12.0. The molecule has 2 rings (SSSR count). The molecule has 118 valence electrons. The van der Waals surface area contributed by atoms with Crippen LogP contribution in [0.1, 0.15) is 12.7 Å². The van der Waals surface area contributed by atoms with Crippen molar-refractivity contribution < 1.29 is 18.8 Å². The van der Waals surface area contributed by atoms with Crippen LogP contribution in [0.15, 0.2) is 22.7 Å². The Balaban J connectivity index is 2.12. The fourth-order valence-electron chi connectivity index (χ4n) is 1.77. The van der Waals surface area contributed by atoms with Gasteiger partial charge in [0.1, 0.15) is 17.3 Å². The van der Waals surface area contributed by atoms with Gasteiger partial charge in [-0.25, -0.2) is 4.79 Å². The number of ether oxygens (including phenoxy) is 2. The smallest absolute Gasteiger partial charge is 0.325 e. The van der Waals surface area contributed by atoms with Crippen LogP contribution in [-0.4, -0.2) is 25.4 Å². The van der Waals surface area contributed by atoms with Gasteiger partial charge in [0, 0.05) is 18.6 Å². The van der Waals surface area contributed by atoms with E-state index in [0.29, 0.717) is 40.2 Å². The van der Waals surface area contributed by atoms with E-state index in [4.69, 9.17) is 25.6 Å². The number of methoxy groups -OCH3 is 2. The van der Waals surface area contributed by atoms with Crippen molar-refractivity contribution >= 4 is 29.1 Å². The third kappa shape index (κ3) is 3.62. The highest BCUT2D eigenvalue weighted by Crippen LogP contribution is 2.35. The fourth-order valence-corrected chi connectivity index (χ4v) is 2.01. The second-order valence-corrected chi connectivity index (χ2v) is 4.71. The fraction of sp³-hybridized carbons (Fsp3) is 0.286. The van der Waals surface area contributed by atoms with Gasteiger partial charge in [0.25, 0.3) is 0 Å². The van der Waals surface area contributed by atoms with E-state index in [1.165, 1.54) is 14.2 Å². The molecule has 0 radical (unpaired) electrons. The second-order valence-electron chi connectivity index (χ2n) is 4.30. The van der Waals surface area contributed by atoms with Gasteiger partial charge in [0.2, 0.25) is 0 Å². The Morgan fingerprint density at radius 3 is 2.55 bits per heavy atom. The monoisotopic (exact) mass is 325 g/mol. The van der Waals surface area contributed by atoms with Crippen molar-refractivity contribution in [2.24, 2.45) is 0 Å².